The third kappa shape index (κ3) is 4.76. The van der Waals surface area contributed by atoms with Gasteiger partial charge in [0, 0.05) is 18.7 Å². The van der Waals surface area contributed by atoms with E-state index in [-0.39, 0.29) is 28.0 Å². The summed E-state index contributed by atoms with van der Waals surface area (Å²) in [6.07, 6.45) is 0. The zero-order valence-corrected chi connectivity index (χ0v) is 18.2. The molecule has 1 heterocycles. The summed E-state index contributed by atoms with van der Waals surface area (Å²) in [5, 5.41) is 3.47. The van der Waals surface area contributed by atoms with Crippen molar-refractivity contribution in [3.63, 3.8) is 0 Å². The number of ether oxygens (including phenoxy) is 1. The fraction of sp³-hybridized carbons (Fsp3) is 0.318. The van der Waals surface area contributed by atoms with Gasteiger partial charge in [0.1, 0.15) is 11.1 Å². The van der Waals surface area contributed by atoms with Gasteiger partial charge in [-0.05, 0) is 38.5 Å². The van der Waals surface area contributed by atoms with Crippen LogP contribution in [0.1, 0.15) is 47.6 Å². The van der Waals surface area contributed by atoms with Gasteiger partial charge in [-0.15, -0.1) is 11.8 Å². The fourth-order valence-electron chi connectivity index (χ4n) is 3.13. The number of amides is 3. The van der Waals surface area contributed by atoms with Gasteiger partial charge < -0.3 is 10.1 Å². The van der Waals surface area contributed by atoms with Gasteiger partial charge in [-0.25, -0.2) is 5.01 Å². The highest BCUT2D eigenvalue weighted by molar-refractivity contribution is 8.01. The molecule has 0 bridgehead atoms. The molecule has 30 heavy (non-hydrogen) atoms. The summed E-state index contributed by atoms with van der Waals surface area (Å²) in [4.78, 5) is 37.1. The molecule has 1 fully saturated rings. The van der Waals surface area contributed by atoms with E-state index in [2.05, 4.69) is 10.7 Å². The van der Waals surface area contributed by atoms with Crippen molar-refractivity contribution >= 4 is 35.2 Å². The third-order valence-corrected chi connectivity index (χ3v) is 5.93. The molecule has 0 unspecified atom stereocenters. The number of aryl methyl sites for hydroxylation is 1. The number of nitrogens with zero attached hydrogens (tertiary/aromatic N) is 1. The molecule has 2 aromatic carbocycles. The topological polar surface area (TPSA) is 87.7 Å². The highest BCUT2D eigenvalue weighted by Gasteiger charge is 2.40. The fourth-order valence-corrected chi connectivity index (χ4v) is 4.34. The molecule has 0 radical (unpaired) electrons. The van der Waals surface area contributed by atoms with Crippen molar-refractivity contribution in [1.29, 1.82) is 0 Å². The minimum absolute atomic E-state index is 0.160. The Hall–Kier alpha value is -3.00. The Morgan fingerprint density at radius 2 is 1.87 bits per heavy atom. The Bertz CT molecular complexity index is 961. The van der Waals surface area contributed by atoms with Gasteiger partial charge in [0.2, 0.25) is 5.91 Å². The molecule has 7 nitrogen and oxygen atoms in total. The molecular formula is C22H25N3O4S. The van der Waals surface area contributed by atoms with Crippen molar-refractivity contribution in [2.45, 2.75) is 38.3 Å². The van der Waals surface area contributed by atoms with Gasteiger partial charge in [0.05, 0.1) is 17.4 Å². The van der Waals surface area contributed by atoms with Crippen molar-refractivity contribution in [2.75, 3.05) is 11.9 Å². The third-order valence-electron chi connectivity index (χ3n) is 4.58. The SMILES string of the molecule is CCOc1cc(NC(C)=O)ccc1C(=O)NN1C(=O)[C@@H](C)S[C@@H]1c1ccc(C)cc1. The maximum atomic E-state index is 13.0. The normalized spacial score (nSPS) is 18.3. The number of hydrogen-bond acceptors (Lipinski definition) is 5. The number of carbonyl (C=O) groups is 3. The summed E-state index contributed by atoms with van der Waals surface area (Å²) in [5.41, 5.74) is 5.63. The molecule has 1 aliphatic heterocycles. The van der Waals surface area contributed by atoms with Gasteiger partial charge in [0.15, 0.2) is 0 Å². The molecule has 2 N–H and O–H groups in total. The molecule has 3 rings (SSSR count). The van der Waals surface area contributed by atoms with Crippen molar-refractivity contribution in [3.05, 3.63) is 59.2 Å². The van der Waals surface area contributed by atoms with E-state index in [0.717, 1.165) is 11.1 Å². The average molecular weight is 428 g/mol. The van der Waals surface area contributed by atoms with Crippen molar-refractivity contribution in [1.82, 2.24) is 10.4 Å². The molecule has 0 aromatic heterocycles. The van der Waals surface area contributed by atoms with Gasteiger partial charge >= 0.3 is 0 Å². The smallest absolute Gasteiger partial charge is 0.273 e. The van der Waals surface area contributed by atoms with E-state index in [1.165, 1.54) is 23.7 Å². The molecular weight excluding hydrogens is 402 g/mol. The number of hydrazine groups is 1. The van der Waals surface area contributed by atoms with Gasteiger partial charge in [-0.1, -0.05) is 29.8 Å². The second kappa shape index (κ2) is 9.21. The van der Waals surface area contributed by atoms with Crippen LogP contribution in [0.2, 0.25) is 0 Å². The van der Waals surface area contributed by atoms with Crippen LogP contribution in [0.3, 0.4) is 0 Å². The van der Waals surface area contributed by atoms with Crippen LogP contribution >= 0.6 is 11.8 Å². The number of hydrogen-bond donors (Lipinski definition) is 2. The number of thioether (sulfide) groups is 1. The van der Waals surface area contributed by atoms with Crippen LogP contribution in [0, 0.1) is 6.92 Å². The van der Waals surface area contributed by atoms with Crippen LogP contribution < -0.4 is 15.5 Å². The lowest BCUT2D eigenvalue weighted by Crippen LogP contribution is -2.45. The van der Waals surface area contributed by atoms with E-state index < -0.39 is 5.91 Å². The second-order valence-corrected chi connectivity index (χ2v) is 8.44. The molecule has 158 valence electrons. The van der Waals surface area contributed by atoms with E-state index in [9.17, 15) is 14.4 Å². The molecule has 8 heteroatoms. The average Bonchev–Trinajstić information content (AvgIpc) is 2.97. The first kappa shape index (κ1) is 21.7. The van der Waals surface area contributed by atoms with E-state index in [1.54, 1.807) is 18.2 Å². The minimum Gasteiger partial charge on any atom is -0.493 e. The van der Waals surface area contributed by atoms with Crippen molar-refractivity contribution in [2.24, 2.45) is 0 Å². The summed E-state index contributed by atoms with van der Waals surface area (Å²) >= 11 is 1.48. The Kier molecular flexibility index (Phi) is 6.66. The van der Waals surface area contributed by atoms with Crippen LogP contribution in [-0.2, 0) is 9.59 Å². The van der Waals surface area contributed by atoms with E-state index in [4.69, 9.17) is 4.74 Å². The predicted molar refractivity (Wildman–Crippen MR) is 117 cm³/mol. The summed E-state index contributed by atoms with van der Waals surface area (Å²) in [6.45, 7) is 7.39. The first-order valence-electron chi connectivity index (χ1n) is 9.70. The largest absolute Gasteiger partial charge is 0.493 e. The first-order valence-corrected chi connectivity index (χ1v) is 10.6. The molecule has 2 aromatic rings. The maximum Gasteiger partial charge on any atom is 0.273 e. The monoisotopic (exact) mass is 427 g/mol. The predicted octanol–water partition coefficient (Wildman–Crippen LogP) is 3.66. The summed E-state index contributed by atoms with van der Waals surface area (Å²) in [5.74, 6) is -0.496. The van der Waals surface area contributed by atoms with Crippen molar-refractivity contribution < 1.29 is 19.1 Å². The lowest BCUT2D eigenvalue weighted by Gasteiger charge is -2.25. The molecule has 1 aliphatic rings. The van der Waals surface area contributed by atoms with Crippen LogP contribution in [0.4, 0.5) is 5.69 Å². The summed E-state index contributed by atoms with van der Waals surface area (Å²) in [6, 6.07) is 12.7. The number of anilines is 1. The Morgan fingerprint density at radius 3 is 2.50 bits per heavy atom. The van der Waals surface area contributed by atoms with Gasteiger partial charge in [-0.3, -0.25) is 19.8 Å². The number of benzene rings is 2. The van der Waals surface area contributed by atoms with Crippen LogP contribution in [0.15, 0.2) is 42.5 Å². The Balaban J connectivity index is 1.86. The molecule has 0 spiro atoms. The van der Waals surface area contributed by atoms with Crippen LogP contribution in [0.25, 0.3) is 0 Å². The van der Waals surface area contributed by atoms with Crippen molar-refractivity contribution in [3.8, 4) is 5.75 Å². The van der Waals surface area contributed by atoms with E-state index >= 15 is 0 Å². The molecule has 2 atom stereocenters. The van der Waals surface area contributed by atoms with Gasteiger partial charge in [0.25, 0.3) is 11.8 Å². The Morgan fingerprint density at radius 1 is 1.17 bits per heavy atom. The summed E-state index contributed by atoms with van der Waals surface area (Å²) in [7, 11) is 0. The van der Waals surface area contributed by atoms with Gasteiger partial charge in [-0.2, -0.15) is 0 Å². The molecule has 0 saturated carbocycles. The zero-order valence-electron chi connectivity index (χ0n) is 17.4. The highest BCUT2D eigenvalue weighted by atomic mass is 32.2. The highest BCUT2D eigenvalue weighted by Crippen LogP contribution is 2.42. The number of carbonyl (C=O) groups excluding carboxylic acids is 3. The second-order valence-electron chi connectivity index (χ2n) is 7.02. The molecule has 3 amide bonds. The lowest BCUT2D eigenvalue weighted by atomic mass is 10.1. The minimum atomic E-state index is -0.451. The number of rotatable bonds is 6. The molecule has 1 saturated heterocycles. The maximum absolute atomic E-state index is 13.0. The van der Waals surface area contributed by atoms with Crippen LogP contribution in [-0.4, -0.2) is 34.6 Å². The Labute approximate surface area is 180 Å². The zero-order chi connectivity index (χ0) is 21.8. The quantitative estimate of drug-likeness (QED) is 0.735. The number of nitrogens with one attached hydrogen (secondary N) is 2. The molecule has 0 aliphatic carbocycles. The summed E-state index contributed by atoms with van der Waals surface area (Å²) < 4.78 is 5.60. The standard InChI is InChI=1S/C22H25N3O4S/c1-5-29-19-12-17(23-15(4)26)10-11-18(19)20(27)24-25-21(28)14(3)30-22(25)16-8-6-13(2)7-9-16/h6-12,14,22H,5H2,1-4H3,(H,23,26)(H,24,27)/t14-,22-/m1/s1. The van der Waals surface area contributed by atoms with Crippen LogP contribution in [0.5, 0.6) is 5.75 Å². The lowest BCUT2D eigenvalue weighted by molar-refractivity contribution is -0.132. The van der Waals surface area contributed by atoms with E-state index in [0.29, 0.717) is 18.0 Å². The first-order chi connectivity index (χ1) is 14.3. The van der Waals surface area contributed by atoms with E-state index in [1.807, 2.05) is 45.0 Å².